The number of nitrogens with zero attached hydrogens (tertiary/aromatic N) is 2. The van der Waals surface area contributed by atoms with E-state index in [1.54, 1.807) is 14.2 Å². The molecule has 1 unspecified atom stereocenters. The topological polar surface area (TPSA) is 42.0 Å². The third-order valence-corrected chi connectivity index (χ3v) is 5.79. The van der Waals surface area contributed by atoms with Gasteiger partial charge >= 0.3 is 0 Å². The van der Waals surface area contributed by atoms with Gasteiger partial charge in [0, 0.05) is 37.2 Å². The summed E-state index contributed by atoms with van der Waals surface area (Å²) in [5.41, 5.74) is 1.17. The Kier molecular flexibility index (Phi) is 6.41. The van der Waals surface area contributed by atoms with Crippen molar-refractivity contribution in [1.82, 2.24) is 9.80 Å². The Morgan fingerprint density at radius 1 is 1.12 bits per heavy atom. The van der Waals surface area contributed by atoms with Crippen LogP contribution in [-0.4, -0.2) is 56.1 Å². The summed E-state index contributed by atoms with van der Waals surface area (Å²) in [6.07, 6.45) is 4.33. The number of hydrogen-bond acceptors (Lipinski definition) is 4. The second-order valence-electron chi connectivity index (χ2n) is 7.76. The maximum absolute atomic E-state index is 12.8. The van der Waals surface area contributed by atoms with Crippen LogP contribution in [-0.2, 0) is 11.3 Å². The Bertz CT molecular complexity index is 611. The molecular formula is C21H32N2O3. The zero-order chi connectivity index (χ0) is 18.5. The summed E-state index contributed by atoms with van der Waals surface area (Å²) in [7, 11) is 3.36. The van der Waals surface area contributed by atoms with Gasteiger partial charge in [-0.25, -0.2) is 0 Å². The quantitative estimate of drug-likeness (QED) is 0.809. The zero-order valence-electron chi connectivity index (χ0n) is 16.4. The monoisotopic (exact) mass is 360 g/mol. The van der Waals surface area contributed by atoms with Gasteiger partial charge in [-0.05, 0) is 50.8 Å². The van der Waals surface area contributed by atoms with Gasteiger partial charge in [0.2, 0.25) is 5.91 Å². The molecule has 2 saturated heterocycles. The van der Waals surface area contributed by atoms with E-state index >= 15 is 0 Å². The Morgan fingerprint density at radius 2 is 1.88 bits per heavy atom. The van der Waals surface area contributed by atoms with Gasteiger partial charge in [0.1, 0.15) is 11.5 Å². The predicted octanol–water partition coefficient (Wildman–Crippen LogP) is 3.17. The first-order valence-corrected chi connectivity index (χ1v) is 9.82. The number of hydrogen-bond donors (Lipinski definition) is 0. The van der Waals surface area contributed by atoms with Gasteiger partial charge in [-0.15, -0.1) is 0 Å². The fraction of sp³-hybridized carbons (Fsp3) is 0.667. The molecule has 1 aromatic carbocycles. The zero-order valence-corrected chi connectivity index (χ0v) is 16.4. The molecule has 3 rings (SSSR count). The molecule has 5 nitrogen and oxygen atoms in total. The molecule has 0 bridgehead atoms. The lowest BCUT2D eigenvalue weighted by Crippen LogP contribution is -2.45. The summed E-state index contributed by atoms with van der Waals surface area (Å²) < 4.78 is 10.8. The summed E-state index contributed by atoms with van der Waals surface area (Å²) in [6.45, 7) is 6.94. The average Bonchev–Trinajstić information content (AvgIpc) is 2.68. The maximum atomic E-state index is 12.8. The number of carbonyl (C=O) groups is 1. The highest BCUT2D eigenvalue weighted by atomic mass is 16.5. The molecule has 1 aromatic rings. The first kappa shape index (κ1) is 19.0. The predicted molar refractivity (Wildman–Crippen MR) is 103 cm³/mol. The lowest BCUT2D eigenvalue weighted by atomic mass is 9.92. The van der Waals surface area contributed by atoms with E-state index in [0.29, 0.717) is 11.8 Å². The summed E-state index contributed by atoms with van der Waals surface area (Å²) in [4.78, 5) is 17.3. The van der Waals surface area contributed by atoms with Crippen LogP contribution in [0.4, 0.5) is 0 Å². The Balaban J connectivity index is 1.53. The van der Waals surface area contributed by atoms with Crippen LogP contribution in [0.25, 0.3) is 0 Å². The van der Waals surface area contributed by atoms with E-state index in [1.807, 2.05) is 12.1 Å². The molecule has 0 aromatic heterocycles. The highest BCUT2D eigenvalue weighted by Crippen LogP contribution is 2.28. The Labute approximate surface area is 157 Å². The van der Waals surface area contributed by atoms with Gasteiger partial charge in [0.25, 0.3) is 0 Å². The van der Waals surface area contributed by atoms with E-state index in [-0.39, 0.29) is 5.92 Å². The summed E-state index contributed by atoms with van der Waals surface area (Å²) in [5.74, 6) is 2.92. The van der Waals surface area contributed by atoms with Crippen LogP contribution < -0.4 is 9.47 Å². The van der Waals surface area contributed by atoms with Crippen LogP contribution in [0.2, 0.25) is 0 Å². The third kappa shape index (κ3) is 4.50. The van der Waals surface area contributed by atoms with Gasteiger partial charge in [0.15, 0.2) is 0 Å². The number of carbonyl (C=O) groups excluding carboxylic acids is 1. The molecule has 0 aliphatic carbocycles. The number of benzene rings is 1. The molecule has 0 saturated carbocycles. The minimum absolute atomic E-state index is 0.203. The second kappa shape index (κ2) is 8.76. The summed E-state index contributed by atoms with van der Waals surface area (Å²) in [5, 5.41) is 0. The highest BCUT2D eigenvalue weighted by Gasteiger charge is 2.30. The fourth-order valence-electron chi connectivity index (χ4n) is 4.21. The molecule has 0 spiro atoms. The van der Waals surface area contributed by atoms with Crippen molar-refractivity contribution in [2.75, 3.05) is 40.4 Å². The molecule has 0 radical (unpaired) electrons. The smallest absolute Gasteiger partial charge is 0.225 e. The largest absolute Gasteiger partial charge is 0.497 e. The SMILES string of the molecule is COc1ccc(CN2CCC(C(=O)N3CCCC(C)C3)CC2)c(OC)c1. The van der Waals surface area contributed by atoms with Crippen LogP contribution in [0.3, 0.4) is 0 Å². The van der Waals surface area contributed by atoms with Crippen molar-refractivity contribution in [3.63, 3.8) is 0 Å². The molecule has 5 heteroatoms. The van der Waals surface area contributed by atoms with Gasteiger partial charge < -0.3 is 14.4 Å². The van der Waals surface area contributed by atoms with Crippen molar-refractivity contribution in [1.29, 1.82) is 0 Å². The molecule has 2 aliphatic heterocycles. The normalized spacial score (nSPS) is 22.3. The van der Waals surface area contributed by atoms with Crippen LogP contribution >= 0.6 is 0 Å². The van der Waals surface area contributed by atoms with Crippen molar-refractivity contribution in [2.24, 2.45) is 11.8 Å². The Hall–Kier alpha value is -1.75. The van der Waals surface area contributed by atoms with E-state index < -0.39 is 0 Å². The molecule has 2 fully saturated rings. The lowest BCUT2D eigenvalue weighted by molar-refractivity contribution is -0.138. The van der Waals surface area contributed by atoms with Crippen molar-refractivity contribution in [2.45, 2.75) is 39.2 Å². The standard InChI is InChI=1S/C21H32N2O3/c1-16-5-4-10-23(14-16)21(24)17-8-11-22(12-9-17)15-18-6-7-19(25-2)13-20(18)26-3/h6-7,13,16-17H,4-5,8-12,14-15H2,1-3H3. The van der Waals surface area contributed by atoms with Crippen LogP contribution in [0.5, 0.6) is 11.5 Å². The number of rotatable bonds is 5. The molecule has 0 N–H and O–H groups in total. The second-order valence-corrected chi connectivity index (χ2v) is 7.76. The number of piperidine rings is 2. The van der Waals surface area contributed by atoms with Crippen molar-refractivity contribution in [3.05, 3.63) is 23.8 Å². The van der Waals surface area contributed by atoms with E-state index in [2.05, 4.69) is 22.8 Å². The van der Waals surface area contributed by atoms with Crippen molar-refractivity contribution >= 4 is 5.91 Å². The fourth-order valence-corrected chi connectivity index (χ4v) is 4.21. The minimum Gasteiger partial charge on any atom is -0.497 e. The van der Waals surface area contributed by atoms with Gasteiger partial charge in [-0.3, -0.25) is 9.69 Å². The van der Waals surface area contributed by atoms with E-state index in [4.69, 9.17) is 9.47 Å². The van der Waals surface area contributed by atoms with Crippen LogP contribution in [0, 0.1) is 11.8 Å². The number of methoxy groups -OCH3 is 2. The molecule has 1 amide bonds. The Morgan fingerprint density at radius 3 is 2.54 bits per heavy atom. The molecule has 26 heavy (non-hydrogen) atoms. The summed E-state index contributed by atoms with van der Waals surface area (Å²) in [6, 6.07) is 5.98. The van der Waals surface area contributed by atoms with Gasteiger partial charge in [-0.1, -0.05) is 13.0 Å². The van der Waals surface area contributed by atoms with E-state index in [9.17, 15) is 4.79 Å². The minimum atomic E-state index is 0.203. The molecule has 1 atom stereocenters. The van der Waals surface area contributed by atoms with Gasteiger partial charge in [-0.2, -0.15) is 0 Å². The van der Waals surface area contributed by atoms with E-state index in [1.165, 1.54) is 12.0 Å². The number of ether oxygens (including phenoxy) is 2. The average molecular weight is 360 g/mol. The van der Waals surface area contributed by atoms with Crippen molar-refractivity contribution < 1.29 is 14.3 Å². The summed E-state index contributed by atoms with van der Waals surface area (Å²) >= 11 is 0. The first-order valence-electron chi connectivity index (χ1n) is 9.82. The lowest BCUT2D eigenvalue weighted by Gasteiger charge is -2.37. The van der Waals surface area contributed by atoms with Crippen LogP contribution in [0.1, 0.15) is 38.2 Å². The van der Waals surface area contributed by atoms with Crippen molar-refractivity contribution in [3.8, 4) is 11.5 Å². The molecule has 2 heterocycles. The highest BCUT2D eigenvalue weighted by molar-refractivity contribution is 5.79. The molecule has 144 valence electrons. The maximum Gasteiger partial charge on any atom is 0.225 e. The van der Waals surface area contributed by atoms with E-state index in [0.717, 1.165) is 63.5 Å². The first-order chi connectivity index (χ1) is 12.6. The number of likely N-dealkylation sites (tertiary alicyclic amines) is 2. The third-order valence-electron chi connectivity index (χ3n) is 5.79. The van der Waals surface area contributed by atoms with Gasteiger partial charge in [0.05, 0.1) is 14.2 Å². The molecule has 2 aliphatic rings. The number of amides is 1. The van der Waals surface area contributed by atoms with Crippen LogP contribution in [0.15, 0.2) is 18.2 Å². The molecular weight excluding hydrogens is 328 g/mol.